The van der Waals surface area contributed by atoms with Crippen molar-refractivity contribution >= 4 is 11.7 Å². The zero-order chi connectivity index (χ0) is 13.2. The summed E-state index contributed by atoms with van der Waals surface area (Å²) in [6, 6.07) is 9.26. The third-order valence-electron chi connectivity index (χ3n) is 2.96. The number of ether oxygens (including phenoxy) is 2. The topological polar surface area (TPSA) is 47.9 Å². The van der Waals surface area contributed by atoms with Crippen molar-refractivity contribution in [3.8, 4) is 0 Å². The van der Waals surface area contributed by atoms with E-state index in [4.69, 9.17) is 9.47 Å². The monoisotopic (exact) mass is 247 g/mol. The van der Waals surface area contributed by atoms with Crippen molar-refractivity contribution in [1.29, 1.82) is 0 Å². The normalized spacial score (nSPS) is 27.6. The summed E-state index contributed by atoms with van der Waals surface area (Å²) >= 11 is 0. The second kappa shape index (κ2) is 4.90. The van der Waals surface area contributed by atoms with E-state index in [0.717, 1.165) is 11.3 Å². The molecule has 1 unspecified atom stereocenters. The van der Waals surface area contributed by atoms with Crippen molar-refractivity contribution in [2.24, 2.45) is 4.99 Å². The summed E-state index contributed by atoms with van der Waals surface area (Å²) < 4.78 is 10.7. The molecular weight excluding hydrogens is 230 g/mol. The maximum atomic E-state index is 11.7. The first-order valence-corrected chi connectivity index (χ1v) is 5.92. The second-order valence-corrected chi connectivity index (χ2v) is 4.60. The summed E-state index contributed by atoms with van der Waals surface area (Å²) in [5, 5.41) is 0. The molecule has 18 heavy (non-hydrogen) atoms. The Hall–Kier alpha value is -1.68. The fourth-order valence-electron chi connectivity index (χ4n) is 2.09. The Morgan fingerprint density at radius 2 is 2.06 bits per heavy atom. The fourth-order valence-corrected chi connectivity index (χ4v) is 2.09. The lowest BCUT2D eigenvalue weighted by Crippen LogP contribution is -2.50. The molecule has 0 saturated heterocycles. The Kier molecular flexibility index (Phi) is 3.48. The molecule has 2 rings (SSSR count). The third-order valence-corrected chi connectivity index (χ3v) is 2.96. The van der Waals surface area contributed by atoms with E-state index >= 15 is 0 Å². The molecule has 1 heterocycles. The lowest BCUT2D eigenvalue weighted by molar-refractivity contribution is -0.158. The smallest absolute Gasteiger partial charge is 0.331 e. The molecule has 2 atom stereocenters. The third kappa shape index (κ3) is 2.29. The molecule has 4 nitrogen and oxygen atoms in total. The molecule has 0 bridgehead atoms. The van der Waals surface area contributed by atoms with Crippen LogP contribution in [0.2, 0.25) is 0 Å². The number of aliphatic imine (C=N–C) groups is 1. The van der Waals surface area contributed by atoms with Crippen LogP contribution in [0.4, 0.5) is 0 Å². The summed E-state index contributed by atoms with van der Waals surface area (Å²) in [5.74, 6) is -0.311. The molecule has 0 radical (unpaired) electrons. The molecule has 1 aliphatic heterocycles. The number of rotatable bonds is 3. The molecule has 1 aromatic rings. The molecule has 0 amide bonds. The van der Waals surface area contributed by atoms with Crippen LogP contribution in [0.25, 0.3) is 0 Å². The highest BCUT2D eigenvalue weighted by Gasteiger charge is 2.41. The Labute approximate surface area is 107 Å². The summed E-state index contributed by atoms with van der Waals surface area (Å²) in [5.41, 5.74) is 0.896. The minimum absolute atomic E-state index is 0.291. The number of benzene rings is 1. The molecular formula is C14H17NO3. The minimum atomic E-state index is -0.820. The van der Waals surface area contributed by atoms with Gasteiger partial charge >= 0.3 is 5.97 Å². The highest BCUT2D eigenvalue weighted by atomic mass is 16.6. The van der Waals surface area contributed by atoms with Crippen LogP contribution in [-0.4, -0.2) is 37.0 Å². The molecule has 0 saturated carbocycles. The number of cyclic esters (lactones) is 1. The first kappa shape index (κ1) is 12.8. The van der Waals surface area contributed by atoms with Gasteiger partial charge in [0.2, 0.25) is 0 Å². The summed E-state index contributed by atoms with van der Waals surface area (Å²) in [4.78, 5) is 16.1. The molecule has 0 spiro atoms. The van der Waals surface area contributed by atoms with Gasteiger partial charge in [0.05, 0.1) is 12.3 Å². The van der Waals surface area contributed by atoms with Crippen molar-refractivity contribution in [2.45, 2.75) is 25.5 Å². The quantitative estimate of drug-likeness (QED) is 0.765. The van der Waals surface area contributed by atoms with Crippen molar-refractivity contribution in [3.05, 3.63) is 35.9 Å². The fraction of sp³-hybridized carbons (Fsp3) is 0.429. The average molecular weight is 247 g/mol. The number of hydrogen-bond donors (Lipinski definition) is 0. The zero-order valence-electron chi connectivity index (χ0n) is 10.8. The van der Waals surface area contributed by atoms with E-state index in [9.17, 15) is 4.79 Å². The highest BCUT2D eigenvalue weighted by molar-refractivity contribution is 6.09. The Morgan fingerprint density at radius 1 is 1.39 bits per heavy atom. The predicted molar refractivity (Wildman–Crippen MR) is 68.8 cm³/mol. The number of esters is 1. The van der Waals surface area contributed by atoms with Crippen LogP contribution in [0.5, 0.6) is 0 Å². The van der Waals surface area contributed by atoms with E-state index in [1.54, 1.807) is 14.0 Å². The Bertz CT molecular complexity index is 469. The SMILES string of the molecule is COC[C@]1(C)OC(=O)C(C)N=C1c1ccccc1. The largest absolute Gasteiger partial charge is 0.449 e. The van der Waals surface area contributed by atoms with Crippen molar-refractivity contribution in [1.82, 2.24) is 0 Å². The van der Waals surface area contributed by atoms with Crippen LogP contribution in [0.1, 0.15) is 19.4 Å². The zero-order valence-corrected chi connectivity index (χ0v) is 10.8. The molecule has 0 fully saturated rings. The van der Waals surface area contributed by atoms with Crippen molar-refractivity contribution in [3.63, 3.8) is 0 Å². The van der Waals surface area contributed by atoms with E-state index in [1.807, 2.05) is 37.3 Å². The highest BCUT2D eigenvalue weighted by Crippen LogP contribution is 2.25. The van der Waals surface area contributed by atoms with Gasteiger partial charge in [-0.15, -0.1) is 0 Å². The first-order valence-electron chi connectivity index (χ1n) is 5.92. The van der Waals surface area contributed by atoms with E-state index in [1.165, 1.54) is 0 Å². The van der Waals surface area contributed by atoms with Crippen LogP contribution < -0.4 is 0 Å². The molecule has 96 valence electrons. The van der Waals surface area contributed by atoms with Crippen molar-refractivity contribution < 1.29 is 14.3 Å². The van der Waals surface area contributed by atoms with Crippen molar-refractivity contribution in [2.75, 3.05) is 13.7 Å². The molecule has 0 aliphatic carbocycles. The second-order valence-electron chi connectivity index (χ2n) is 4.60. The molecule has 0 aromatic heterocycles. The van der Waals surface area contributed by atoms with Crippen LogP contribution in [0, 0.1) is 0 Å². The number of nitrogens with zero attached hydrogens (tertiary/aromatic N) is 1. The van der Waals surface area contributed by atoms with Gasteiger partial charge in [0.15, 0.2) is 5.60 Å². The van der Waals surface area contributed by atoms with Crippen LogP contribution in [0.15, 0.2) is 35.3 Å². The minimum Gasteiger partial charge on any atom is -0.449 e. The molecule has 1 aromatic carbocycles. The summed E-state index contributed by atoms with van der Waals surface area (Å²) in [7, 11) is 1.58. The van der Waals surface area contributed by atoms with Gasteiger partial charge in [-0.2, -0.15) is 0 Å². The maximum absolute atomic E-state index is 11.7. The van der Waals surface area contributed by atoms with Crippen LogP contribution in [0.3, 0.4) is 0 Å². The molecule has 1 aliphatic rings. The van der Waals surface area contributed by atoms with Gasteiger partial charge in [-0.1, -0.05) is 30.3 Å². The van der Waals surface area contributed by atoms with Crippen LogP contribution >= 0.6 is 0 Å². The van der Waals surface area contributed by atoms with Gasteiger partial charge < -0.3 is 9.47 Å². The van der Waals surface area contributed by atoms with Gasteiger partial charge in [-0.05, 0) is 19.4 Å². The Morgan fingerprint density at radius 3 is 2.67 bits per heavy atom. The van der Waals surface area contributed by atoms with Gasteiger partial charge in [0.25, 0.3) is 0 Å². The average Bonchev–Trinajstić information content (AvgIpc) is 2.35. The number of carbonyl (C=O) groups is 1. The van der Waals surface area contributed by atoms with Gasteiger partial charge in [0, 0.05) is 7.11 Å². The van der Waals surface area contributed by atoms with Crippen LogP contribution in [-0.2, 0) is 14.3 Å². The number of carbonyl (C=O) groups excluding carboxylic acids is 1. The lowest BCUT2D eigenvalue weighted by Gasteiger charge is -2.35. The maximum Gasteiger partial charge on any atom is 0.331 e. The summed E-state index contributed by atoms with van der Waals surface area (Å²) in [6.07, 6.45) is 0. The van der Waals surface area contributed by atoms with Gasteiger partial charge in [0.1, 0.15) is 6.04 Å². The van der Waals surface area contributed by atoms with E-state index in [2.05, 4.69) is 4.99 Å². The van der Waals surface area contributed by atoms with E-state index in [0.29, 0.717) is 6.61 Å². The standard InChI is InChI=1S/C14H17NO3/c1-10-13(16)18-14(2,9-17-3)12(15-10)11-7-5-4-6-8-11/h4-8,10H,9H2,1-3H3/t10?,14-/m0/s1. The molecule has 4 heteroatoms. The Balaban J connectivity index is 2.46. The van der Waals surface area contributed by atoms with Gasteiger partial charge in [-0.25, -0.2) is 4.79 Å². The predicted octanol–water partition coefficient (Wildman–Crippen LogP) is 1.83. The summed E-state index contributed by atoms with van der Waals surface area (Å²) in [6.45, 7) is 3.85. The van der Waals surface area contributed by atoms with E-state index in [-0.39, 0.29) is 5.97 Å². The first-order chi connectivity index (χ1) is 8.57. The number of hydrogen-bond acceptors (Lipinski definition) is 4. The van der Waals surface area contributed by atoms with Gasteiger partial charge in [-0.3, -0.25) is 4.99 Å². The molecule has 0 N–H and O–H groups in total. The number of methoxy groups -OCH3 is 1. The lowest BCUT2D eigenvalue weighted by atomic mass is 9.92. The van der Waals surface area contributed by atoms with E-state index < -0.39 is 11.6 Å².